The van der Waals surface area contributed by atoms with Crippen LogP contribution in [0.3, 0.4) is 0 Å². The average Bonchev–Trinajstić information content (AvgIpc) is 2.62. The number of aliphatic hydroxyl groups excluding tert-OH is 1. The van der Waals surface area contributed by atoms with Crippen molar-refractivity contribution in [3.05, 3.63) is 48.2 Å². The third kappa shape index (κ3) is 4.11. The number of hydrogen-bond acceptors (Lipinski definition) is 4. The number of pyridine rings is 1. The largest absolute Gasteiger partial charge is 0.496 e. The van der Waals surface area contributed by atoms with E-state index in [1.807, 2.05) is 32.0 Å². The molecule has 0 aliphatic heterocycles. The number of ether oxygens (including phenoxy) is 1. The molecular formula is C19H24N2O3. The Balaban J connectivity index is 2.33. The van der Waals surface area contributed by atoms with Gasteiger partial charge < -0.3 is 15.2 Å². The van der Waals surface area contributed by atoms with Gasteiger partial charge in [0.2, 0.25) is 0 Å². The first kappa shape index (κ1) is 17.9. The van der Waals surface area contributed by atoms with Gasteiger partial charge >= 0.3 is 0 Å². The van der Waals surface area contributed by atoms with Crippen LogP contribution in [0.4, 0.5) is 0 Å². The predicted molar refractivity (Wildman–Crippen MR) is 94.1 cm³/mol. The average molecular weight is 328 g/mol. The number of benzene rings is 1. The third-order valence-corrected chi connectivity index (χ3v) is 4.26. The number of amides is 1. The minimum Gasteiger partial charge on any atom is -0.496 e. The van der Waals surface area contributed by atoms with Gasteiger partial charge in [-0.1, -0.05) is 13.0 Å². The van der Waals surface area contributed by atoms with Gasteiger partial charge in [-0.25, -0.2) is 0 Å². The summed E-state index contributed by atoms with van der Waals surface area (Å²) >= 11 is 0. The van der Waals surface area contributed by atoms with Crippen molar-refractivity contribution in [2.75, 3.05) is 13.7 Å². The summed E-state index contributed by atoms with van der Waals surface area (Å²) in [5.74, 6) is 0.492. The van der Waals surface area contributed by atoms with E-state index >= 15 is 0 Å². The zero-order valence-corrected chi connectivity index (χ0v) is 14.4. The Morgan fingerprint density at radius 2 is 2.12 bits per heavy atom. The number of nitrogens with one attached hydrogen (secondary N) is 1. The van der Waals surface area contributed by atoms with Crippen LogP contribution in [-0.2, 0) is 0 Å². The zero-order valence-electron chi connectivity index (χ0n) is 14.4. The number of methoxy groups -OCH3 is 1. The lowest BCUT2D eigenvalue weighted by atomic mass is 9.94. The quantitative estimate of drug-likeness (QED) is 0.819. The monoisotopic (exact) mass is 328 g/mol. The van der Waals surface area contributed by atoms with Gasteiger partial charge in [-0.15, -0.1) is 0 Å². The van der Waals surface area contributed by atoms with Gasteiger partial charge in [0.1, 0.15) is 5.75 Å². The molecule has 0 fully saturated rings. The summed E-state index contributed by atoms with van der Waals surface area (Å²) in [6.45, 7) is 3.96. The van der Waals surface area contributed by atoms with E-state index in [4.69, 9.17) is 4.74 Å². The lowest BCUT2D eigenvalue weighted by Gasteiger charge is -2.29. The highest BCUT2D eigenvalue weighted by Gasteiger charge is 2.24. The van der Waals surface area contributed by atoms with Crippen LogP contribution in [0.2, 0.25) is 0 Å². The minimum absolute atomic E-state index is 0.0341. The van der Waals surface area contributed by atoms with Crippen molar-refractivity contribution < 1.29 is 14.6 Å². The molecule has 1 aromatic heterocycles. The van der Waals surface area contributed by atoms with Crippen molar-refractivity contribution in [2.45, 2.75) is 32.2 Å². The minimum atomic E-state index is -0.434. The van der Waals surface area contributed by atoms with Crippen molar-refractivity contribution >= 4 is 5.91 Å². The van der Waals surface area contributed by atoms with Crippen LogP contribution in [0.25, 0.3) is 11.3 Å². The van der Waals surface area contributed by atoms with Crippen molar-refractivity contribution in [2.24, 2.45) is 0 Å². The number of carbonyl (C=O) groups excluding carboxylic acids is 1. The molecule has 1 unspecified atom stereocenters. The van der Waals surface area contributed by atoms with Crippen molar-refractivity contribution in [3.63, 3.8) is 0 Å². The second-order valence-corrected chi connectivity index (χ2v) is 5.97. The third-order valence-electron chi connectivity index (χ3n) is 4.26. The SMILES string of the molecule is CCC(C)(CCO)NC(=O)c1ccc(OC)c(-c2ccccn2)c1. The summed E-state index contributed by atoms with van der Waals surface area (Å²) < 4.78 is 5.39. The first-order valence-corrected chi connectivity index (χ1v) is 8.06. The molecule has 5 nitrogen and oxygen atoms in total. The molecule has 1 atom stereocenters. The standard InChI is InChI=1S/C19H24N2O3/c1-4-19(2,10-12-22)21-18(23)14-8-9-17(24-3)15(13-14)16-7-5-6-11-20-16/h5-9,11,13,22H,4,10,12H2,1-3H3,(H,21,23). The first-order valence-electron chi connectivity index (χ1n) is 8.06. The molecule has 2 N–H and O–H groups in total. The Hall–Kier alpha value is -2.40. The maximum Gasteiger partial charge on any atom is 0.251 e. The number of nitrogens with zero attached hydrogens (tertiary/aromatic N) is 1. The lowest BCUT2D eigenvalue weighted by Crippen LogP contribution is -2.46. The fraction of sp³-hybridized carbons (Fsp3) is 0.368. The van der Waals surface area contributed by atoms with Crippen molar-refractivity contribution in [1.29, 1.82) is 0 Å². The predicted octanol–water partition coefficient (Wildman–Crippen LogP) is 3.04. The van der Waals surface area contributed by atoms with Gasteiger partial charge in [-0.05, 0) is 50.1 Å². The van der Waals surface area contributed by atoms with Gasteiger partial charge in [-0.2, -0.15) is 0 Å². The fourth-order valence-corrected chi connectivity index (χ4v) is 2.49. The molecule has 5 heteroatoms. The van der Waals surface area contributed by atoms with E-state index in [0.717, 1.165) is 17.7 Å². The molecule has 2 rings (SSSR count). The van der Waals surface area contributed by atoms with E-state index in [2.05, 4.69) is 10.3 Å². The highest BCUT2D eigenvalue weighted by molar-refractivity contribution is 5.96. The van der Waals surface area contributed by atoms with Crippen LogP contribution < -0.4 is 10.1 Å². The molecule has 1 heterocycles. The molecule has 24 heavy (non-hydrogen) atoms. The Bertz CT molecular complexity index is 688. The van der Waals surface area contributed by atoms with Gasteiger partial charge in [0.15, 0.2) is 0 Å². The molecular weight excluding hydrogens is 304 g/mol. The second-order valence-electron chi connectivity index (χ2n) is 5.97. The molecule has 0 saturated heterocycles. The van der Waals surface area contributed by atoms with Gasteiger partial charge in [-0.3, -0.25) is 9.78 Å². The Morgan fingerprint density at radius 3 is 2.71 bits per heavy atom. The molecule has 0 aliphatic rings. The molecule has 0 saturated carbocycles. The number of rotatable bonds is 7. The Morgan fingerprint density at radius 1 is 1.33 bits per heavy atom. The maximum absolute atomic E-state index is 12.6. The molecule has 1 amide bonds. The van der Waals surface area contributed by atoms with Crippen molar-refractivity contribution in [3.8, 4) is 17.0 Å². The molecule has 0 bridgehead atoms. The summed E-state index contributed by atoms with van der Waals surface area (Å²) in [7, 11) is 1.59. The van der Waals surface area contributed by atoms with Crippen LogP contribution >= 0.6 is 0 Å². The van der Waals surface area contributed by atoms with E-state index in [1.165, 1.54) is 0 Å². The number of aromatic nitrogens is 1. The molecule has 0 spiro atoms. The maximum atomic E-state index is 12.6. The van der Waals surface area contributed by atoms with E-state index in [0.29, 0.717) is 17.7 Å². The fourth-order valence-electron chi connectivity index (χ4n) is 2.49. The number of carbonyl (C=O) groups is 1. The Kier molecular flexibility index (Phi) is 5.93. The molecule has 1 aromatic carbocycles. The van der Waals surface area contributed by atoms with Crippen LogP contribution in [0.5, 0.6) is 5.75 Å². The van der Waals surface area contributed by atoms with Gasteiger partial charge in [0, 0.05) is 29.5 Å². The van der Waals surface area contributed by atoms with E-state index in [1.54, 1.807) is 31.5 Å². The first-order chi connectivity index (χ1) is 11.5. The lowest BCUT2D eigenvalue weighted by molar-refractivity contribution is 0.0886. The topological polar surface area (TPSA) is 71.5 Å². The zero-order chi connectivity index (χ0) is 17.6. The normalized spacial score (nSPS) is 13.2. The molecule has 0 aliphatic carbocycles. The highest BCUT2D eigenvalue weighted by Crippen LogP contribution is 2.29. The van der Waals surface area contributed by atoms with Crippen LogP contribution in [0, 0.1) is 0 Å². The summed E-state index contributed by atoms with van der Waals surface area (Å²) in [6, 6.07) is 10.9. The smallest absolute Gasteiger partial charge is 0.251 e. The van der Waals surface area contributed by atoms with Gasteiger partial charge in [0.25, 0.3) is 5.91 Å². The second kappa shape index (κ2) is 7.93. The van der Waals surface area contributed by atoms with Gasteiger partial charge in [0.05, 0.1) is 12.8 Å². The summed E-state index contributed by atoms with van der Waals surface area (Å²) in [5.41, 5.74) is 1.62. The Labute approximate surface area is 142 Å². The van der Waals surface area contributed by atoms with Crippen LogP contribution in [-0.4, -0.2) is 35.3 Å². The number of aliphatic hydroxyl groups is 1. The van der Waals surface area contributed by atoms with E-state index in [-0.39, 0.29) is 12.5 Å². The van der Waals surface area contributed by atoms with E-state index < -0.39 is 5.54 Å². The van der Waals surface area contributed by atoms with E-state index in [9.17, 15) is 9.90 Å². The summed E-state index contributed by atoms with van der Waals surface area (Å²) in [6.07, 6.45) is 2.96. The highest BCUT2D eigenvalue weighted by atomic mass is 16.5. The van der Waals surface area contributed by atoms with Crippen molar-refractivity contribution in [1.82, 2.24) is 10.3 Å². The molecule has 128 valence electrons. The molecule has 0 radical (unpaired) electrons. The summed E-state index contributed by atoms with van der Waals surface area (Å²) in [4.78, 5) is 17.0. The van der Waals surface area contributed by atoms with Crippen LogP contribution in [0.15, 0.2) is 42.6 Å². The summed E-state index contributed by atoms with van der Waals surface area (Å²) in [5, 5.41) is 12.2. The number of hydrogen-bond donors (Lipinski definition) is 2. The van der Waals surface area contributed by atoms with Crippen LogP contribution in [0.1, 0.15) is 37.0 Å². The molecule has 2 aromatic rings.